The first-order valence-corrected chi connectivity index (χ1v) is 7.72. The normalized spacial score (nSPS) is 21.4. The average Bonchev–Trinajstić information content (AvgIpc) is 2.52. The lowest BCUT2D eigenvalue weighted by atomic mass is 9.72. The summed E-state index contributed by atoms with van der Waals surface area (Å²) in [5, 5.41) is 20.2. The van der Waals surface area contributed by atoms with E-state index >= 15 is 0 Å². The number of aliphatic hydroxyl groups is 1. The Bertz CT molecular complexity index is 699. The molecule has 0 bridgehead atoms. The number of morpholine rings is 1. The van der Waals surface area contributed by atoms with Crippen LogP contribution in [0, 0.1) is 5.41 Å². The summed E-state index contributed by atoms with van der Waals surface area (Å²) < 4.78 is 43.2. The molecular weight excluding hydrogens is 357 g/mol. The Labute approximate surface area is 147 Å². The van der Waals surface area contributed by atoms with Crippen molar-refractivity contribution in [2.75, 3.05) is 18.1 Å². The number of nitrogens with zero attached hydrogens (tertiary/aromatic N) is 2. The standard InChI is InChI=1S/C16H19F3N2O5/c1-14(2,3)15(25,13(23)24)11-12(22)21(6-7-26-11)10-5-4-9(8-20-10)16(17,18)19/h4-5,8,11,25H,6-7H2,1-3H3,(H,23,24)/t11-,15+/m0/s1. The van der Waals surface area contributed by atoms with Crippen molar-refractivity contribution in [3.8, 4) is 0 Å². The highest BCUT2D eigenvalue weighted by Crippen LogP contribution is 2.37. The van der Waals surface area contributed by atoms with Gasteiger partial charge in [0.2, 0.25) is 5.60 Å². The van der Waals surface area contributed by atoms with Gasteiger partial charge in [-0.15, -0.1) is 0 Å². The molecule has 1 aliphatic rings. The monoisotopic (exact) mass is 376 g/mol. The third-order valence-corrected chi connectivity index (χ3v) is 4.29. The SMILES string of the molecule is CC(C)(C)[C@](O)(C(=O)O)[C@H]1OCCN(c2ccc(C(F)(F)F)cn2)C1=O. The van der Waals surface area contributed by atoms with Gasteiger partial charge in [0.15, 0.2) is 6.10 Å². The van der Waals surface area contributed by atoms with Crippen LogP contribution in [0.15, 0.2) is 18.3 Å². The fourth-order valence-electron chi connectivity index (χ4n) is 2.65. The Hall–Kier alpha value is -2.20. The molecule has 1 amide bonds. The minimum atomic E-state index is -4.57. The van der Waals surface area contributed by atoms with Crippen molar-refractivity contribution in [1.82, 2.24) is 4.98 Å². The van der Waals surface area contributed by atoms with Crippen LogP contribution in [-0.4, -0.2) is 51.9 Å². The fraction of sp³-hybridized carbons (Fsp3) is 0.562. The molecule has 1 aromatic heterocycles. The van der Waals surface area contributed by atoms with Gasteiger partial charge in [0.1, 0.15) is 5.82 Å². The van der Waals surface area contributed by atoms with Gasteiger partial charge >= 0.3 is 12.1 Å². The number of carbonyl (C=O) groups is 2. The van der Waals surface area contributed by atoms with Crippen molar-refractivity contribution in [3.63, 3.8) is 0 Å². The number of aliphatic carboxylic acids is 1. The molecule has 2 atom stereocenters. The van der Waals surface area contributed by atoms with Crippen LogP contribution in [0.3, 0.4) is 0 Å². The van der Waals surface area contributed by atoms with Gasteiger partial charge in [-0.3, -0.25) is 9.69 Å². The second-order valence-corrected chi connectivity index (χ2v) is 6.97. The largest absolute Gasteiger partial charge is 0.479 e. The number of rotatable bonds is 3. The van der Waals surface area contributed by atoms with E-state index < -0.39 is 40.7 Å². The number of ether oxygens (including phenoxy) is 1. The van der Waals surface area contributed by atoms with Gasteiger partial charge < -0.3 is 14.9 Å². The van der Waals surface area contributed by atoms with E-state index in [1.165, 1.54) is 20.8 Å². The molecule has 0 aliphatic carbocycles. The summed E-state index contributed by atoms with van der Waals surface area (Å²) in [5.41, 5.74) is -4.76. The molecule has 0 unspecified atom stereocenters. The quantitative estimate of drug-likeness (QED) is 0.833. The third kappa shape index (κ3) is 3.38. The van der Waals surface area contributed by atoms with Crippen molar-refractivity contribution < 1.29 is 37.7 Å². The summed E-state index contributed by atoms with van der Waals surface area (Å²) in [6, 6.07) is 1.78. The summed E-state index contributed by atoms with van der Waals surface area (Å²) in [6.07, 6.45) is -5.71. The van der Waals surface area contributed by atoms with Crippen molar-refractivity contribution in [3.05, 3.63) is 23.9 Å². The number of halogens is 3. The van der Waals surface area contributed by atoms with Gasteiger partial charge in [0, 0.05) is 11.6 Å². The molecule has 7 nitrogen and oxygen atoms in total. The zero-order valence-electron chi connectivity index (χ0n) is 14.4. The second-order valence-electron chi connectivity index (χ2n) is 6.97. The van der Waals surface area contributed by atoms with E-state index in [0.717, 1.165) is 17.0 Å². The van der Waals surface area contributed by atoms with E-state index in [-0.39, 0.29) is 19.0 Å². The molecule has 0 aromatic carbocycles. The lowest BCUT2D eigenvalue weighted by molar-refractivity contribution is -0.203. The van der Waals surface area contributed by atoms with Crippen LogP contribution in [0.1, 0.15) is 26.3 Å². The molecule has 0 saturated carbocycles. The Morgan fingerprint density at radius 1 is 1.31 bits per heavy atom. The topological polar surface area (TPSA) is 100.0 Å². The molecule has 1 aromatic rings. The maximum atomic E-state index is 12.7. The molecule has 10 heteroatoms. The Morgan fingerprint density at radius 3 is 2.35 bits per heavy atom. The Balaban J connectivity index is 2.37. The number of hydrogen-bond donors (Lipinski definition) is 2. The van der Waals surface area contributed by atoms with Crippen molar-refractivity contribution in [2.24, 2.45) is 5.41 Å². The van der Waals surface area contributed by atoms with Crippen LogP contribution in [0.25, 0.3) is 0 Å². The maximum absolute atomic E-state index is 12.7. The minimum Gasteiger partial charge on any atom is -0.479 e. The first kappa shape index (κ1) is 20.1. The molecule has 1 aliphatic heterocycles. The zero-order valence-corrected chi connectivity index (χ0v) is 14.4. The maximum Gasteiger partial charge on any atom is 0.417 e. The number of alkyl halides is 3. The first-order valence-electron chi connectivity index (χ1n) is 7.72. The van der Waals surface area contributed by atoms with E-state index in [1.54, 1.807) is 0 Å². The molecule has 1 fully saturated rings. The number of carboxylic acid groups (broad SMARTS) is 1. The number of carboxylic acids is 1. The van der Waals surface area contributed by atoms with Gasteiger partial charge in [0.25, 0.3) is 5.91 Å². The predicted molar refractivity (Wildman–Crippen MR) is 83.4 cm³/mol. The molecule has 144 valence electrons. The third-order valence-electron chi connectivity index (χ3n) is 4.29. The molecule has 2 heterocycles. The Morgan fingerprint density at radius 2 is 1.92 bits per heavy atom. The minimum absolute atomic E-state index is 0.0342. The number of aromatic nitrogens is 1. The van der Waals surface area contributed by atoms with Gasteiger partial charge in [-0.1, -0.05) is 20.8 Å². The van der Waals surface area contributed by atoms with Crippen LogP contribution >= 0.6 is 0 Å². The van der Waals surface area contributed by atoms with Crippen LogP contribution in [0.5, 0.6) is 0 Å². The van der Waals surface area contributed by atoms with Crippen LogP contribution in [-0.2, 0) is 20.5 Å². The summed E-state index contributed by atoms with van der Waals surface area (Å²) in [5.74, 6) is -2.60. The number of pyridine rings is 1. The molecule has 0 spiro atoms. The van der Waals surface area contributed by atoms with Gasteiger partial charge in [-0.05, 0) is 12.1 Å². The molecule has 1 saturated heterocycles. The Kier molecular flexibility index (Phi) is 5.04. The lowest BCUT2D eigenvalue weighted by Gasteiger charge is -2.44. The average molecular weight is 376 g/mol. The summed E-state index contributed by atoms with van der Waals surface area (Å²) in [6.45, 7) is 4.17. The molecule has 26 heavy (non-hydrogen) atoms. The first-order chi connectivity index (χ1) is 11.8. The van der Waals surface area contributed by atoms with E-state index in [9.17, 15) is 33.0 Å². The highest BCUT2D eigenvalue weighted by Gasteiger charge is 2.59. The number of hydrogen-bond acceptors (Lipinski definition) is 5. The molecule has 0 radical (unpaired) electrons. The van der Waals surface area contributed by atoms with Crippen LogP contribution < -0.4 is 4.90 Å². The number of anilines is 1. The van der Waals surface area contributed by atoms with Crippen LogP contribution in [0.2, 0.25) is 0 Å². The van der Waals surface area contributed by atoms with E-state index in [0.29, 0.717) is 6.20 Å². The number of carbonyl (C=O) groups excluding carboxylic acids is 1. The molecule has 2 rings (SSSR count). The van der Waals surface area contributed by atoms with Crippen molar-refractivity contribution >= 4 is 17.7 Å². The fourth-order valence-corrected chi connectivity index (χ4v) is 2.65. The van der Waals surface area contributed by atoms with Crippen LogP contribution in [0.4, 0.5) is 19.0 Å². The second kappa shape index (κ2) is 6.51. The van der Waals surface area contributed by atoms with E-state index in [4.69, 9.17) is 4.74 Å². The molecular formula is C16H19F3N2O5. The zero-order chi connectivity index (χ0) is 19.9. The van der Waals surface area contributed by atoms with Gasteiger partial charge in [0.05, 0.1) is 18.7 Å². The number of amides is 1. The van der Waals surface area contributed by atoms with Gasteiger partial charge in [-0.2, -0.15) is 13.2 Å². The predicted octanol–water partition coefficient (Wildman–Crippen LogP) is 1.69. The van der Waals surface area contributed by atoms with Crippen molar-refractivity contribution in [1.29, 1.82) is 0 Å². The summed E-state index contributed by atoms with van der Waals surface area (Å²) in [7, 11) is 0. The lowest BCUT2D eigenvalue weighted by Crippen LogP contribution is -2.66. The molecule has 2 N–H and O–H groups in total. The summed E-state index contributed by atoms with van der Waals surface area (Å²) >= 11 is 0. The highest BCUT2D eigenvalue weighted by atomic mass is 19.4. The van der Waals surface area contributed by atoms with E-state index in [2.05, 4.69) is 4.98 Å². The van der Waals surface area contributed by atoms with Crippen molar-refractivity contribution in [2.45, 2.75) is 38.7 Å². The smallest absolute Gasteiger partial charge is 0.417 e. The summed E-state index contributed by atoms with van der Waals surface area (Å²) in [4.78, 5) is 29.0. The van der Waals surface area contributed by atoms with Gasteiger partial charge in [-0.25, -0.2) is 9.78 Å². The highest BCUT2D eigenvalue weighted by molar-refractivity contribution is 6.01. The van der Waals surface area contributed by atoms with E-state index in [1.807, 2.05) is 0 Å².